The summed E-state index contributed by atoms with van der Waals surface area (Å²) < 4.78 is 0. The Morgan fingerprint density at radius 3 is 0.500 bits per heavy atom. The van der Waals surface area contributed by atoms with Crippen LogP contribution in [0, 0.1) is 0 Å². The Balaban J connectivity index is 0. The van der Waals surface area contributed by atoms with Crippen LogP contribution in [0.4, 0.5) is 0 Å². The molecule has 0 atom stereocenters. The molecule has 0 aliphatic heterocycles. The van der Waals surface area contributed by atoms with Gasteiger partial charge in [-0.15, -0.1) is 0 Å². The Kier molecular flexibility index (Phi) is 146. The predicted octanol–water partition coefficient (Wildman–Crippen LogP) is -3.55. The van der Waals surface area contributed by atoms with Gasteiger partial charge in [-0.2, -0.15) is 0 Å². The van der Waals surface area contributed by atoms with Crippen LogP contribution in [0.15, 0.2) is 0 Å². The molecule has 27 valence electrons. The maximum atomic E-state index is 0. The molecule has 0 rings (SSSR count). The summed E-state index contributed by atoms with van der Waals surface area (Å²) in [5.74, 6) is 0. The van der Waals surface area contributed by atoms with Crippen molar-refractivity contribution in [3.05, 3.63) is 0 Å². The molecule has 0 aromatic heterocycles. The molecule has 0 N–H and O–H groups in total. The van der Waals surface area contributed by atoms with E-state index in [1.807, 2.05) is 0 Å². The molecule has 0 spiro atoms. The fourth-order valence-corrected chi connectivity index (χ4v) is 0. The first-order valence-electron chi connectivity index (χ1n) is 0. The summed E-state index contributed by atoms with van der Waals surface area (Å²) in [5.41, 5.74) is 0. The Bertz CT molecular complexity index is 3.25. The van der Waals surface area contributed by atoms with Crippen LogP contribution in [0.3, 0.4) is 0 Å². The molecule has 0 unspecified atom stereocenters. The molecule has 0 nitrogen and oxygen atoms in total. The van der Waals surface area contributed by atoms with Crippen molar-refractivity contribution in [1.82, 2.24) is 0 Å². The van der Waals surface area contributed by atoms with Crippen molar-refractivity contribution in [3.63, 3.8) is 0 Å². The van der Waals surface area contributed by atoms with Gasteiger partial charge in [-0.1, -0.05) is 0 Å². The van der Waals surface area contributed by atoms with E-state index in [1.165, 1.54) is 0 Å². The second-order valence-corrected chi connectivity index (χ2v) is 0. The summed E-state index contributed by atoms with van der Waals surface area (Å²) in [4.78, 5) is 0. The Hall–Kier alpha value is 2.42. The zero-order chi connectivity index (χ0) is 0. The van der Waals surface area contributed by atoms with E-state index < -0.39 is 0 Å². The van der Waals surface area contributed by atoms with Crippen LogP contribution in [0.1, 0.15) is 0 Å². The van der Waals surface area contributed by atoms with Crippen molar-refractivity contribution in [1.29, 1.82) is 0 Å². The topological polar surface area (TPSA) is 0 Å². The minimum atomic E-state index is 0. The summed E-state index contributed by atoms with van der Waals surface area (Å²) in [6.07, 6.45) is 0. The standard InChI is InChI=1S/Co.3Ga.9H. The van der Waals surface area contributed by atoms with Gasteiger partial charge in [0.25, 0.3) is 0 Å². The maximum absolute atomic E-state index is 0. The summed E-state index contributed by atoms with van der Waals surface area (Å²) in [7, 11) is 0. The molecule has 0 fully saturated rings. The van der Waals surface area contributed by atoms with Crippen LogP contribution >= 0.6 is 0 Å². The molecule has 0 bridgehead atoms. The first kappa shape index (κ1) is 32.2. The summed E-state index contributed by atoms with van der Waals surface area (Å²) in [6, 6.07) is 0. The summed E-state index contributed by atoms with van der Waals surface area (Å²) >= 11 is 0. The number of rotatable bonds is 0. The quantitative estimate of drug-likeness (QED) is 0.402. The van der Waals surface area contributed by atoms with E-state index in [4.69, 9.17) is 0 Å². The molecule has 4 heavy (non-hydrogen) atoms. The van der Waals surface area contributed by atoms with Crippen LogP contribution in [-0.2, 0) is 16.8 Å². The predicted molar refractivity (Wildman–Crippen MR) is 29.8 cm³/mol. The monoisotopic (exact) mass is 275 g/mol. The van der Waals surface area contributed by atoms with E-state index >= 15 is 0 Å². The van der Waals surface area contributed by atoms with Crippen LogP contribution in [0.5, 0.6) is 0 Å². The third kappa shape index (κ3) is 8.83. The summed E-state index contributed by atoms with van der Waals surface area (Å²) in [5, 5.41) is 0. The van der Waals surface area contributed by atoms with E-state index in [-0.39, 0.29) is 76.2 Å². The minimum absolute atomic E-state index is 0. The van der Waals surface area contributed by atoms with Gasteiger partial charge in [-0.05, 0) is 0 Å². The van der Waals surface area contributed by atoms with Crippen molar-refractivity contribution in [2.24, 2.45) is 0 Å². The molecule has 0 saturated heterocycles. The van der Waals surface area contributed by atoms with Crippen LogP contribution in [0.25, 0.3) is 0 Å². The third-order valence-electron chi connectivity index (χ3n) is 0. The third-order valence-corrected chi connectivity index (χ3v) is 0. The molecule has 1 radical (unpaired) electrons. The molecule has 0 heterocycles. The average Bonchev–Trinajstić information content (AvgIpc) is 0. The zero-order valence-electron chi connectivity index (χ0n) is 0.333. The first-order valence-corrected chi connectivity index (χ1v) is 0. The van der Waals surface area contributed by atoms with Gasteiger partial charge in [-0.25, -0.2) is 0 Å². The Morgan fingerprint density at radius 1 is 0.500 bits per heavy atom. The summed E-state index contributed by atoms with van der Waals surface area (Å²) in [6.45, 7) is 0. The van der Waals surface area contributed by atoms with Gasteiger partial charge in [0.1, 0.15) is 0 Å². The van der Waals surface area contributed by atoms with Gasteiger partial charge >= 0.3 is 59.4 Å². The second kappa shape index (κ2) is 18.1. The SMILES string of the molecule is [Co].[GaH3].[GaH3].[GaH3]. The van der Waals surface area contributed by atoms with E-state index in [1.54, 1.807) is 0 Å². The van der Waals surface area contributed by atoms with Crippen molar-refractivity contribution in [3.8, 4) is 0 Å². The van der Waals surface area contributed by atoms with Gasteiger partial charge < -0.3 is 0 Å². The molecule has 0 saturated carbocycles. The van der Waals surface area contributed by atoms with Crippen LogP contribution in [0.2, 0.25) is 0 Å². The van der Waals surface area contributed by atoms with Crippen LogP contribution in [-0.4, -0.2) is 59.4 Å². The zero-order valence-corrected chi connectivity index (χ0v) is 1.37. The molecule has 4 heteroatoms. The van der Waals surface area contributed by atoms with Crippen molar-refractivity contribution in [2.45, 2.75) is 0 Å². The van der Waals surface area contributed by atoms with E-state index in [0.29, 0.717) is 0 Å². The molecule has 0 amide bonds. The second-order valence-electron chi connectivity index (χ2n) is 0. The van der Waals surface area contributed by atoms with Crippen molar-refractivity contribution in [2.75, 3.05) is 0 Å². The fourth-order valence-electron chi connectivity index (χ4n) is 0. The first-order chi connectivity index (χ1) is 0. The molecule has 0 aliphatic carbocycles. The molecule has 0 aromatic carbocycles. The van der Waals surface area contributed by atoms with Gasteiger partial charge in [-0.3, -0.25) is 0 Å². The van der Waals surface area contributed by atoms with Gasteiger partial charge in [0.2, 0.25) is 0 Å². The van der Waals surface area contributed by atoms with Gasteiger partial charge in [0, 0.05) is 16.8 Å². The van der Waals surface area contributed by atoms with E-state index in [0.717, 1.165) is 0 Å². The van der Waals surface area contributed by atoms with E-state index in [9.17, 15) is 0 Å². The van der Waals surface area contributed by atoms with Gasteiger partial charge in [0.05, 0.1) is 0 Å². The molecule has 0 aliphatic rings. The number of hydrogen-bond donors (Lipinski definition) is 0. The fraction of sp³-hybridized carbons (Fsp3) is 0. The Morgan fingerprint density at radius 2 is 0.500 bits per heavy atom. The Labute approximate surface area is 75.2 Å². The molecule has 0 aromatic rings. The normalized spacial score (nSPS) is 0. The average molecular weight is 277 g/mol. The van der Waals surface area contributed by atoms with Crippen LogP contribution < -0.4 is 0 Å². The van der Waals surface area contributed by atoms with Crippen molar-refractivity contribution >= 4 is 59.4 Å². The van der Waals surface area contributed by atoms with Gasteiger partial charge in [0.15, 0.2) is 0 Å². The van der Waals surface area contributed by atoms with E-state index in [2.05, 4.69) is 0 Å². The van der Waals surface area contributed by atoms with Crippen molar-refractivity contribution < 1.29 is 16.8 Å². The molecular weight excluding hydrogens is 268 g/mol. The number of hydrogen-bond acceptors (Lipinski definition) is 0. The molecular formula is H9CoGa3.